The standard InChI is InChI=1S/C22H29NO5/c1-12(2)17-7-14-8-20(10-23)16-6-5-13(3)15(16)9-21(14,11-28-19(26)27-4)22(17,20)18(24)25/h7,12-16H,5-6,8-9,11H2,1-4H3,(H,24,25)/t13-,14+,15-,16-,20+,21+,22+/m1/s1. The predicted octanol–water partition coefficient (Wildman–Crippen LogP) is 4.02. The Bertz CT molecular complexity index is 797. The maximum atomic E-state index is 13.1. The molecule has 1 N–H and O–H groups in total. The highest BCUT2D eigenvalue weighted by atomic mass is 16.7. The fourth-order valence-electron chi connectivity index (χ4n) is 7.79. The fraction of sp³-hybridized carbons (Fsp3) is 0.773. The summed E-state index contributed by atoms with van der Waals surface area (Å²) in [6.07, 6.45) is 4.46. The number of hydrogen-bond acceptors (Lipinski definition) is 5. The molecule has 6 nitrogen and oxygen atoms in total. The molecule has 0 aromatic heterocycles. The molecule has 28 heavy (non-hydrogen) atoms. The summed E-state index contributed by atoms with van der Waals surface area (Å²) < 4.78 is 10.1. The molecule has 0 aromatic rings. The third-order valence-electron chi connectivity index (χ3n) is 8.65. The van der Waals surface area contributed by atoms with E-state index in [4.69, 9.17) is 4.74 Å². The van der Waals surface area contributed by atoms with Crippen LogP contribution in [0.3, 0.4) is 0 Å². The van der Waals surface area contributed by atoms with Crippen molar-refractivity contribution < 1.29 is 24.2 Å². The number of carboxylic acid groups (broad SMARTS) is 1. The van der Waals surface area contributed by atoms with E-state index in [0.29, 0.717) is 24.7 Å². The first-order chi connectivity index (χ1) is 13.2. The summed E-state index contributed by atoms with van der Waals surface area (Å²) in [7, 11) is 1.25. The highest BCUT2D eigenvalue weighted by molar-refractivity contribution is 5.85. The Morgan fingerprint density at radius 3 is 2.64 bits per heavy atom. The van der Waals surface area contributed by atoms with Crippen molar-refractivity contribution in [2.45, 2.75) is 46.5 Å². The molecule has 3 saturated carbocycles. The zero-order chi connectivity index (χ0) is 20.5. The molecule has 4 aliphatic rings. The normalized spacial score (nSPS) is 45.4. The summed E-state index contributed by atoms with van der Waals surface area (Å²) in [4.78, 5) is 24.9. The lowest BCUT2D eigenvalue weighted by atomic mass is 9.43. The second-order valence-corrected chi connectivity index (χ2v) is 9.65. The highest BCUT2D eigenvalue weighted by Gasteiger charge is 2.85. The number of carbonyl (C=O) groups excluding carboxylic acids is 1. The Labute approximate surface area is 165 Å². The van der Waals surface area contributed by atoms with Gasteiger partial charge in [-0.15, -0.1) is 0 Å². The minimum Gasteiger partial charge on any atom is -0.481 e. The van der Waals surface area contributed by atoms with Gasteiger partial charge in [0.15, 0.2) is 0 Å². The fourth-order valence-corrected chi connectivity index (χ4v) is 7.79. The molecular formula is C22H29NO5. The number of nitrogens with zero attached hydrogens (tertiary/aromatic N) is 1. The average molecular weight is 387 g/mol. The smallest absolute Gasteiger partial charge is 0.481 e. The number of fused-ring (bicyclic) bond motifs is 2. The third kappa shape index (κ3) is 1.88. The van der Waals surface area contributed by atoms with E-state index >= 15 is 0 Å². The van der Waals surface area contributed by atoms with Gasteiger partial charge in [0, 0.05) is 5.41 Å². The first kappa shape index (κ1) is 19.3. The molecular weight excluding hydrogens is 358 g/mol. The van der Waals surface area contributed by atoms with Crippen LogP contribution >= 0.6 is 0 Å². The van der Waals surface area contributed by atoms with Gasteiger partial charge in [0.1, 0.15) is 12.0 Å². The summed E-state index contributed by atoms with van der Waals surface area (Å²) in [5.41, 5.74) is -2.16. The highest BCUT2D eigenvalue weighted by Crippen LogP contribution is 2.83. The Kier molecular flexibility index (Phi) is 4.12. The number of hydrogen-bond donors (Lipinski definition) is 1. The van der Waals surface area contributed by atoms with Gasteiger partial charge in [0.2, 0.25) is 0 Å². The molecule has 6 heteroatoms. The number of aliphatic carboxylic acids is 1. The zero-order valence-electron chi connectivity index (χ0n) is 17.0. The number of allylic oxidation sites excluding steroid dienone is 1. The van der Waals surface area contributed by atoms with Gasteiger partial charge >= 0.3 is 12.1 Å². The van der Waals surface area contributed by atoms with E-state index in [1.54, 1.807) is 0 Å². The van der Waals surface area contributed by atoms with Crippen molar-refractivity contribution in [3.63, 3.8) is 0 Å². The van der Waals surface area contributed by atoms with Crippen molar-refractivity contribution in [1.82, 2.24) is 0 Å². The van der Waals surface area contributed by atoms with Gasteiger partial charge in [0.25, 0.3) is 0 Å². The molecule has 4 rings (SSSR count). The van der Waals surface area contributed by atoms with Crippen LogP contribution in [0.5, 0.6) is 0 Å². The van der Waals surface area contributed by atoms with Gasteiger partial charge in [-0.1, -0.05) is 38.8 Å². The molecule has 0 heterocycles. The molecule has 7 atom stereocenters. The number of carboxylic acids is 1. The topological polar surface area (TPSA) is 96.6 Å². The lowest BCUT2D eigenvalue weighted by molar-refractivity contribution is -0.177. The lowest BCUT2D eigenvalue weighted by Crippen LogP contribution is -2.62. The van der Waals surface area contributed by atoms with E-state index in [0.717, 1.165) is 18.4 Å². The Morgan fingerprint density at radius 2 is 2.07 bits per heavy atom. The van der Waals surface area contributed by atoms with Crippen molar-refractivity contribution in [2.24, 2.45) is 45.8 Å². The molecule has 152 valence electrons. The Balaban J connectivity index is 1.95. The van der Waals surface area contributed by atoms with E-state index in [1.807, 2.05) is 13.8 Å². The predicted molar refractivity (Wildman–Crippen MR) is 99.9 cm³/mol. The Morgan fingerprint density at radius 1 is 1.36 bits per heavy atom. The summed E-state index contributed by atoms with van der Waals surface area (Å²) in [6.45, 7) is 6.20. The van der Waals surface area contributed by atoms with Crippen LogP contribution in [0.15, 0.2) is 11.6 Å². The number of carbonyl (C=O) groups is 2. The first-order valence-electron chi connectivity index (χ1n) is 10.3. The van der Waals surface area contributed by atoms with E-state index in [2.05, 4.69) is 23.8 Å². The van der Waals surface area contributed by atoms with Crippen LogP contribution in [0.25, 0.3) is 0 Å². The largest absolute Gasteiger partial charge is 0.507 e. The summed E-state index contributed by atoms with van der Waals surface area (Å²) in [5, 5.41) is 21.2. The van der Waals surface area contributed by atoms with Crippen LogP contribution in [-0.2, 0) is 14.3 Å². The van der Waals surface area contributed by atoms with Crippen molar-refractivity contribution in [3.8, 4) is 6.07 Å². The maximum absolute atomic E-state index is 13.1. The van der Waals surface area contributed by atoms with Gasteiger partial charge in [0.05, 0.1) is 18.6 Å². The van der Waals surface area contributed by atoms with Gasteiger partial charge in [-0.2, -0.15) is 5.26 Å². The van der Waals surface area contributed by atoms with Crippen LogP contribution in [0.1, 0.15) is 46.5 Å². The van der Waals surface area contributed by atoms with Crippen LogP contribution in [0.4, 0.5) is 4.79 Å². The quantitative estimate of drug-likeness (QED) is 0.578. The molecule has 0 aromatic carbocycles. The molecule has 0 saturated heterocycles. The molecule has 0 spiro atoms. The van der Waals surface area contributed by atoms with Crippen LogP contribution < -0.4 is 0 Å². The number of nitriles is 1. The SMILES string of the molecule is COC(=O)OC[C@@]12C[C@@H]3[C@H](C)CC[C@H]3[C@@]3(C#N)C[C@@H]1C=C(C(C)C)[C@@]23C(=O)O. The summed E-state index contributed by atoms with van der Waals surface area (Å²) in [5.74, 6) is -0.160. The molecule has 4 aliphatic carbocycles. The van der Waals surface area contributed by atoms with Gasteiger partial charge in [-0.3, -0.25) is 4.79 Å². The minimum atomic E-state index is -1.30. The number of methoxy groups -OCH3 is 1. The van der Waals surface area contributed by atoms with Crippen LogP contribution in [0.2, 0.25) is 0 Å². The third-order valence-corrected chi connectivity index (χ3v) is 8.65. The molecule has 0 aliphatic heterocycles. The zero-order valence-corrected chi connectivity index (χ0v) is 17.0. The first-order valence-corrected chi connectivity index (χ1v) is 10.3. The second-order valence-electron chi connectivity index (χ2n) is 9.65. The summed E-state index contributed by atoms with van der Waals surface area (Å²) >= 11 is 0. The molecule has 0 amide bonds. The van der Waals surface area contributed by atoms with Crippen molar-refractivity contribution in [3.05, 3.63) is 11.6 Å². The Hall–Kier alpha value is -2.03. The van der Waals surface area contributed by atoms with Gasteiger partial charge in [-0.25, -0.2) is 4.79 Å². The van der Waals surface area contributed by atoms with E-state index in [-0.39, 0.29) is 24.4 Å². The van der Waals surface area contributed by atoms with Crippen molar-refractivity contribution in [1.29, 1.82) is 5.26 Å². The van der Waals surface area contributed by atoms with Crippen molar-refractivity contribution in [2.75, 3.05) is 13.7 Å². The molecule has 0 unspecified atom stereocenters. The van der Waals surface area contributed by atoms with E-state index < -0.39 is 28.4 Å². The monoisotopic (exact) mass is 387 g/mol. The van der Waals surface area contributed by atoms with Crippen LogP contribution in [-0.4, -0.2) is 30.9 Å². The number of rotatable bonds is 4. The van der Waals surface area contributed by atoms with Gasteiger partial charge < -0.3 is 14.6 Å². The van der Waals surface area contributed by atoms with E-state index in [1.165, 1.54) is 7.11 Å². The molecule has 4 bridgehead atoms. The maximum Gasteiger partial charge on any atom is 0.507 e. The summed E-state index contributed by atoms with van der Waals surface area (Å²) in [6, 6.07) is 2.57. The molecule has 0 radical (unpaired) electrons. The van der Waals surface area contributed by atoms with Gasteiger partial charge in [-0.05, 0) is 48.9 Å². The number of ether oxygens (including phenoxy) is 2. The van der Waals surface area contributed by atoms with Crippen LogP contribution in [0, 0.1) is 57.2 Å². The molecule has 3 fully saturated rings. The lowest BCUT2D eigenvalue weighted by Gasteiger charge is -2.57. The van der Waals surface area contributed by atoms with Crippen molar-refractivity contribution >= 4 is 12.1 Å². The van der Waals surface area contributed by atoms with E-state index in [9.17, 15) is 20.0 Å². The minimum absolute atomic E-state index is 0.0112. The average Bonchev–Trinajstić information content (AvgIpc) is 3.23. The second kappa shape index (κ2) is 5.98.